The Morgan fingerprint density at radius 3 is 2.67 bits per heavy atom. The molecule has 0 atom stereocenters. The number of hydrogen-bond donors (Lipinski definition) is 3. The van der Waals surface area contributed by atoms with E-state index in [2.05, 4.69) is 63.1 Å². The molecular weight excluding hydrogens is 354 g/mol. The molecule has 0 radical (unpaired) electrons. The van der Waals surface area contributed by atoms with Gasteiger partial charge in [0.1, 0.15) is 10.6 Å². The summed E-state index contributed by atoms with van der Waals surface area (Å²) in [5.41, 5.74) is 18.8. The highest BCUT2D eigenvalue weighted by atomic mass is 32.1. The number of hydrogen-bond acceptors (Lipinski definition) is 6. The highest BCUT2D eigenvalue weighted by molar-refractivity contribution is 7.17. The van der Waals surface area contributed by atoms with Crippen LogP contribution in [0.25, 0.3) is 22.4 Å². The molecule has 5 rings (SSSR count). The fourth-order valence-corrected chi connectivity index (χ4v) is 4.48. The summed E-state index contributed by atoms with van der Waals surface area (Å²) < 4.78 is 0. The summed E-state index contributed by atoms with van der Waals surface area (Å²) in [4.78, 5) is 9.27. The van der Waals surface area contributed by atoms with Gasteiger partial charge in [-0.25, -0.2) is 4.98 Å². The fraction of sp³-hybridized carbons (Fsp3) is 0.0476. The Hall–Kier alpha value is -3.38. The lowest BCUT2D eigenvalue weighted by atomic mass is 9.98. The van der Waals surface area contributed by atoms with E-state index in [1.807, 2.05) is 12.1 Å². The van der Waals surface area contributed by atoms with Gasteiger partial charge in [0, 0.05) is 16.9 Å². The van der Waals surface area contributed by atoms with E-state index in [0.717, 1.165) is 33.6 Å². The van der Waals surface area contributed by atoms with Crippen molar-refractivity contribution in [2.24, 2.45) is 0 Å². The molecule has 5 nitrogen and oxygen atoms in total. The van der Waals surface area contributed by atoms with Crippen molar-refractivity contribution in [2.75, 3.05) is 16.8 Å². The number of nitrogens with zero attached hydrogens (tertiary/aromatic N) is 2. The van der Waals surface area contributed by atoms with Crippen LogP contribution in [0.1, 0.15) is 22.3 Å². The molecule has 132 valence electrons. The van der Waals surface area contributed by atoms with Crippen molar-refractivity contribution >= 4 is 56.8 Å². The standard InChI is InChI=1S/C21H17N5S/c22-19-18-14(11-27-20(18)26-21(23)25-19)10-13-5-3-7-17-15(13)9-8-12-4-1-2-6-16(12)24-17/h1-9,11,24H,10H2,(H4,22,23,25,26). The van der Waals surface area contributed by atoms with E-state index in [9.17, 15) is 0 Å². The molecule has 2 aromatic carbocycles. The van der Waals surface area contributed by atoms with Crippen LogP contribution < -0.4 is 16.8 Å². The van der Waals surface area contributed by atoms with E-state index in [1.165, 1.54) is 16.7 Å². The van der Waals surface area contributed by atoms with E-state index in [-0.39, 0.29) is 5.95 Å². The van der Waals surface area contributed by atoms with Crippen molar-refractivity contribution in [3.63, 3.8) is 0 Å². The normalized spacial score (nSPS) is 12.3. The van der Waals surface area contributed by atoms with Crippen molar-refractivity contribution in [1.82, 2.24) is 9.97 Å². The van der Waals surface area contributed by atoms with Gasteiger partial charge in [0.15, 0.2) is 0 Å². The van der Waals surface area contributed by atoms with Crippen LogP contribution in [0.5, 0.6) is 0 Å². The number of nitrogens with one attached hydrogen (secondary N) is 1. The smallest absolute Gasteiger partial charge is 0.223 e. The maximum absolute atomic E-state index is 6.13. The predicted octanol–water partition coefficient (Wildman–Crippen LogP) is 4.67. The first-order chi connectivity index (χ1) is 13.2. The lowest BCUT2D eigenvalue weighted by molar-refractivity contribution is 1.20. The lowest BCUT2D eigenvalue weighted by Gasteiger charge is -2.13. The van der Waals surface area contributed by atoms with E-state index < -0.39 is 0 Å². The molecule has 5 N–H and O–H groups in total. The minimum atomic E-state index is 0.215. The minimum absolute atomic E-state index is 0.215. The Morgan fingerprint density at radius 2 is 1.74 bits per heavy atom. The number of rotatable bonds is 2. The second-order valence-electron chi connectivity index (χ2n) is 6.51. The van der Waals surface area contributed by atoms with Gasteiger partial charge >= 0.3 is 0 Å². The van der Waals surface area contributed by atoms with E-state index >= 15 is 0 Å². The van der Waals surface area contributed by atoms with Crippen LogP contribution in [0, 0.1) is 0 Å². The third kappa shape index (κ3) is 2.71. The number of thiophene rings is 1. The van der Waals surface area contributed by atoms with Crippen LogP contribution in [0.4, 0.5) is 23.1 Å². The van der Waals surface area contributed by atoms with E-state index in [0.29, 0.717) is 5.82 Å². The SMILES string of the molecule is Nc1nc(N)c2c(Cc3cccc4c3C=Cc3ccccc3N4)csc2n1. The van der Waals surface area contributed by atoms with Crippen molar-refractivity contribution < 1.29 is 0 Å². The Morgan fingerprint density at radius 1 is 0.889 bits per heavy atom. The van der Waals surface area contributed by atoms with Crippen LogP contribution in [-0.2, 0) is 6.42 Å². The van der Waals surface area contributed by atoms with Crippen LogP contribution in [0.15, 0.2) is 47.8 Å². The molecule has 0 saturated carbocycles. The number of benzene rings is 2. The highest BCUT2D eigenvalue weighted by Gasteiger charge is 2.15. The first-order valence-corrected chi connectivity index (χ1v) is 9.52. The van der Waals surface area contributed by atoms with Crippen molar-refractivity contribution in [1.29, 1.82) is 0 Å². The first-order valence-electron chi connectivity index (χ1n) is 8.64. The number of nitrogens with two attached hydrogens (primary N) is 2. The predicted molar refractivity (Wildman–Crippen MR) is 114 cm³/mol. The van der Waals surface area contributed by atoms with Crippen LogP contribution in [0.2, 0.25) is 0 Å². The van der Waals surface area contributed by atoms with Crippen molar-refractivity contribution in [3.05, 3.63) is 70.1 Å². The molecule has 0 aliphatic carbocycles. The number of para-hydroxylation sites is 1. The molecular formula is C21H17N5S. The highest BCUT2D eigenvalue weighted by Crippen LogP contribution is 2.35. The molecule has 3 heterocycles. The molecule has 4 aromatic rings. The summed E-state index contributed by atoms with van der Waals surface area (Å²) in [6, 6.07) is 14.6. The Labute approximate surface area is 160 Å². The molecule has 1 aliphatic rings. The van der Waals surface area contributed by atoms with Gasteiger partial charge in [-0.1, -0.05) is 42.5 Å². The van der Waals surface area contributed by atoms with Gasteiger partial charge in [-0.05, 0) is 40.6 Å². The summed E-state index contributed by atoms with van der Waals surface area (Å²) in [6.45, 7) is 0. The van der Waals surface area contributed by atoms with Crippen molar-refractivity contribution in [2.45, 2.75) is 6.42 Å². The molecule has 2 aromatic heterocycles. The number of aromatic nitrogens is 2. The molecule has 6 heteroatoms. The molecule has 0 bridgehead atoms. The second-order valence-corrected chi connectivity index (χ2v) is 7.37. The zero-order valence-electron chi connectivity index (χ0n) is 14.4. The number of nitrogen functional groups attached to an aromatic ring is 2. The molecule has 0 spiro atoms. The van der Waals surface area contributed by atoms with Gasteiger partial charge in [-0.15, -0.1) is 11.3 Å². The summed E-state index contributed by atoms with van der Waals surface area (Å²) in [6.07, 6.45) is 5.08. The molecule has 0 saturated heterocycles. The molecule has 0 fully saturated rings. The fourth-order valence-electron chi connectivity index (χ4n) is 3.53. The number of fused-ring (bicyclic) bond motifs is 3. The first kappa shape index (κ1) is 15.8. The van der Waals surface area contributed by atoms with E-state index in [4.69, 9.17) is 11.5 Å². The van der Waals surface area contributed by atoms with Gasteiger partial charge < -0.3 is 16.8 Å². The van der Waals surface area contributed by atoms with E-state index in [1.54, 1.807) is 11.3 Å². The zero-order chi connectivity index (χ0) is 18.4. The summed E-state index contributed by atoms with van der Waals surface area (Å²) >= 11 is 1.55. The van der Waals surface area contributed by atoms with Gasteiger partial charge in [0.2, 0.25) is 5.95 Å². The van der Waals surface area contributed by atoms with Gasteiger partial charge in [-0.2, -0.15) is 4.98 Å². The quantitative estimate of drug-likeness (QED) is 0.419. The number of anilines is 4. The zero-order valence-corrected chi connectivity index (χ0v) is 15.3. The minimum Gasteiger partial charge on any atom is -0.383 e. The Balaban J connectivity index is 1.60. The van der Waals surface area contributed by atoms with Crippen LogP contribution in [0.3, 0.4) is 0 Å². The second kappa shape index (κ2) is 6.10. The maximum atomic E-state index is 6.13. The largest absolute Gasteiger partial charge is 0.383 e. The molecule has 27 heavy (non-hydrogen) atoms. The lowest BCUT2D eigenvalue weighted by Crippen LogP contribution is -2.01. The summed E-state index contributed by atoms with van der Waals surface area (Å²) in [7, 11) is 0. The molecule has 1 aliphatic heterocycles. The van der Waals surface area contributed by atoms with Crippen molar-refractivity contribution in [3.8, 4) is 0 Å². The van der Waals surface area contributed by atoms with Gasteiger partial charge in [0.05, 0.1) is 5.39 Å². The monoisotopic (exact) mass is 371 g/mol. The third-order valence-corrected chi connectivity index (χ3v) is 5.71. The van der Waals surface area contributed by atoms with Gasteiger partial charge in [-0.3, -0.25) is 0 Å². The molecule has 0 amide bonds. The third-order valence-electron chi connectivity index (χ3n) is 4.79. The van der Waals surface area contributed by atoms with Crippen LogP contribution >= 0.6 is 11.3 Å². The topological polar surface area (TPSA) is 89.8 Å². The summed E-state index contributed by atoms with van der Waals surface area (Å²) in [5, 5.41) is 6.55. The summed E-state index contributed by atoms with van der Waals surface area (Å²) in [5.74, 6) is 0.656. The average molecular weight is 371 g/mol. The Kier molecular flexibility index (Phi) is 3.58. The molecule has 0 unspecified atom stereocenters. The average Bonchev–Trinajstić information content (AvgIpc) is 2.94. The maximum Gasteiger partial charge on any atom is 0.223 e. The van der Waals surface area contributed by atoms with Gasteiger partial charge in [0.25, 0.3) is 0 Å². The Bertz CT molecular complexity index is 1210. The van der Waals surface area contributed by atoms with Crippen LogP contribution in [-0.4, -0.2) is 9.97 Å².